The summed E-state index contributed by atoms with van der Waals surface area (Å²) in [4.78, 5) is 13.0. The third-order valence-corrected chi connectivity index (χ3v) is 3.51. The number of hydrogen-bond donors (Lipinski definition) is 0. The smallest absolute Gasteiger partial charge is 0.259 e. The molecule has 1 aliphatic rings. The molecular weight excluding hydrogens is 346 g/mol. The molecule has 1 aromatic rings. The standard InChI is InChI=1S/C11H9F3INO/c12-6-3-4-16(5-6)11(17)9-7(13)1-2-8(15)10(9)14/h1-2,6H,3-5H2/t6-/m1/s1. The van der Waals surface area contributed by atoms with Gasteiger partial charge in [0.25, 0.3) is 5.91 Å². The summed E-state index contributed by atoms with van der Waals surface area (Å²) in [6.07, 6.45) is -0.883. The topological polar surface area (TPSA) is 20.3 Å². The van der Waals surface area contributed by atoms with Crippen molar-refractivity contribution < 1.29 is 18.0 Å². The van der Waals surface area contributed by atoms with Crippen LogP contribution in [-0.4, -0.2) is 30.1 Å². The summed E-state index contributed by atoms with van der Waals surface area (Å²) in [6, 6.07) is 2.30. The first-order chi connectivity index (χ1) is 8.00. The van der Waals surface area contributed by atoms with Crippen molar-refractivity contribution in [3.05, 3.63) is 32.9 Å². The van der Waals surface area contributed by atoms with Gasteiger partial charge < -0.3 is 4.90 Å². The maximum absolute atomic E-state index is 13.7. The molecule has 92 valence electrons. The molecule has 1 saturated heterocycles. The molecule has 1 aliphatic heterocycles. The van der Waals surface area contributed by atoms with Gasteiger partial charge in [-0.3, -0.25) is 4.79 Å². The summed E-state index contributed by atoms with van der Waals surface area (Å²) in [6.45, 7) is 0.105. The molecule has 0 saturated carbocycles. The molecule has 1 atom stereocenters. The second-order valence-electron chi connectivity index (χ2n) is 3.86. The number of alkyl halides is 1. The lowest BCUT2D eigenvalue weighted by Gasteiger charge is -2.16. The van der Waals surface area contributed by atoms with Gasteiger partial charge in [0, 0.05) is 10.1 Å². The van der Waals surface area contributed by atoms with Gasteiger partial charge >= 0.3 is 0 Å². The number of amides is 1. The number of carbonyl (C=O) groups excluding carboxylic acids is 1. The molecule has 0 aliphatic carbocycles. The molecule has 1 fully saturated rings. The minimum atomic E-state index is -1.10. The molecule has 0 radical (unpaired) electrons. The van der Waals surface area contributed by atoms with Crippen LogP contribution in [0.25, 0.3) is 0 Å². The van der Waals surface area contributed by atoms with Gasteiger partial charge in [0.1, 0.15) is 17.6 Å². The monoisotopic (exact) mass is 355 g/mol. The van der Waals surface area contributed by atoms with E-state index >= 15 is 0 Å². The van der Waals surface area contributed by atoms with Crippen LogP contribution in [-0.2, 0) is 0 Å². The minimum Gasteiger partial charge on any atom is -0.335 e. The van der Waals surface area contributed by atoms with Crippen LogP contribution in [0.3, 0.4) is 0 Å². The van der Waals surface area contributed by atoms with Crippen molar-refractivity contribution in [2.75, 3.05) is 13.1 Å². The largest absolute Gasteiger partial charge is 0.335 e. The normalized spacial score (nSPS) is 19.8. The predicted octanol–water partition coefficient (Wildman–Crippen LogP) is 2.75. The van der Waals surface area contributed by atoms with Crippen LogP contribution in [0.4, 0.5) is 13.2 Å². The SMILES string of the molecule is O=C(c1c(F)ccc(I)c1F)N1CC[C@@H](F)C1. The highest BCUT2D eigenvalue weighted by Crippen LogP contribution is 2.22. The van der Waals surface area contributed by atoms with E-state index in [1.165, 1.54) is 6.07 Å². The van der Waals surface area contributed by atoms with Crippen molar-refractivity contribution in [3.8, 4) is 0 Å². The zero-order chi connectivity index (χ0) is 12.6. The molecular formula is C11H9F3INO. The van der Waals surface area contributed by atoms with E-state index in [0.29, 0.717) is 0 Å². The van der Waals surface area contributed by atoms with Gasteiger partial charge in [0.15, 0.2) is 5.82 Å². The van der Waals surface area contributed by atoms with Crippen molar-refractivity contribution >= 4 is 28.5 Å². The second-order valence-corrected chi connectivity index (χ2v) is 5.02. The number of carbonyl (C=O) groups is 1. The van der Waals surface area contributed by atoms with E-state index in [1.807, 2.05) is 0 Å². The van der Waals surface area contributed by atoms with Crippen molar-refractivity contribution in [1.82, 2.24) is 4.90 Å². The maximum atomic E-state index is 13.7. The molecule has 0 N–H and O–H groups in total. The van der Waals surface area contributed by atoms with E-state index in [1.54, 1.807) is 22.6 Å². The molecule has 0 spiro atoms. The second kappa shape index (κ2) is 4.83. The Bertz CT molecular complexity index is 466. The number of likely N-dealkylation sites (tertiary alicyclic amines) is 1. The fourth-order valence-corrected chi connectivity index (χ4v) is 2.23. The van der Waals surface area contributed by atoms with E-state index in [4.69, 9.17) is 0 Å². The van der Waals surface area contributed by atoms with Crippen LogP contribution in [0.5, 0.6) is 0 Å². The minimum absolute atomic E-state index is 0.0941. The van der Waals surface area contributed by atoms with E-state index in [9.17, 15) is 18.0 Å². The highest BCUT2D eigenvalue weighted by atomic mass is 127. The lowest BCUT2D eigenvalue weighted by Crippen LogP contribution is -2.30. The molecule has 6 heteroatoms. The average molecular weight is 355 g/mol. The maximum Gasteiger partial charge on any atom is 0.259 e. The first kappa shape index (κ1) is 12.7. The van der Waals surface area contributed by atoms with Crippen molar-refractivity contribution in [2.45, 2.75) is 12.6 Å². The zero-order valence-corrected chi connectivity index (χ0v) is 10.9. The Hall–Kier alpha value is -0.790. The van der Waals surface area contributed by atoms with Crippen LogP contribution < -0.4 is 0 Å². The summed E-state index contributed by atoms with van der Waals surface area (Å²) in [5.41, 5.74) is -0.592. The van der Waals surface area contributed by atoms with Gasteiger partial charge in [-0.15, -0.1) is 0 Å². The Balaban J connectivity index is 2.34. The number of hydrogen-bond acceptors (Lipinski definition) is 1. The Morgan fingerprint density at radius 3 is 2.71 bits per heavy atom. The molecule has 2 rings (SSSR count). The molecule has 0 aromatic heterocycles. The highest BCUT2D eigenvalue weighted by Gasteiger charge is 2.30. The summed E-state index contributed by atoms with van der Waals surface area (Å²) >= 11 is 1.68. The van der Waals surface area contributed by atoms with Gasteiger partial charge in [0.2, 0.25) is 0 Å². The first-order valence-electron chi connectivity index (χ1n) is 5.07. The quantitative estimate of drug-likeness (QED) is 0.561. The molecule has 1 heterocycles. The lowest BCUT2D eigenvalue weighted by molar-refractivity contribution is 0.0773. The Kier molecular flexibility index (Phi) is 3.60. The lowest BCUT2D eigenvalue weighted by atomic mass is 10.1. The molecule has 1 amide bonds. The van der Waals surface area contributed by atoms with Crippen molar-refractivity contribution in [2.24, 2.45) is 0 Å². The molecule has 1 aromatic carbocycles. The van der Waals surface area contributed by atoms with E-state index in [0.717, 1.165) is 11.0 Å². The number of rotatable bonds is 1. The molecule has 0 unspecified atom stereocenters. The van der Waals surface area contributed by atoms with Crippen molar-refractivity contribution in [3.63, 3.8) is 0 Å². The summed E-state index contributed by atoms with van der Waals surface area (Å²) in [5, 5.41) is 0. The summed E-state index contributed by atoms with van der Waals surface area (Å²) in [7, 11) is 0. The third kappa shape index (κ3) is 2.41. The van der Waals surface area contributed by atoms with Crippen LogP contribution in [0, 0.1) is 15.2 Å². The first-order valence-corrected chi connectivity index (χ1v) is 6.15. The molecule has 17 heavy (non-hydrogen) atoms. The Morgan fingerprint density at radius 2 is 2.12 bits per heavy atom. The van der Waals surface area contributed by atoms with Gasteiger partial charge in [0.05, 0.1) is 6.54 Å². The number of halogens is 4. The van der Waals surface area contributed by atoms with Crippen LogP contribution in [0.15, 0.2) is 12.1 Å². The van der Waals surface area contributed by atoms with Crippen molar-refractivity contribution in [1.29, 1.82) is 0 Å². The van der Waals surface area contributed by atoms with Crippen LogP contribution in [0.2, 0.25) is 0 Å². The third-order valence-electron chi connectivity index (χ3n) is 2.68. The summed E-state index contributed by atoms with van der Waals surface area (Å²) in [5.74, 6) is -2.56. The van der Waals surface area contributed by atoms with E-state index in [2.05, 4.69) is 0 Å². The fourth-order valence-electron chi connectivity index (χ4n) is 1.78. The van der Waals surface area contributed by atoms with Crippen LogP contribution in [0.1, 0.15) is 16.8 Å². The molecule has 2 nitrogen and oxygen atoms in total. The fraction of sp³-hybridized carbons (Fsp3) is 0.364. The van der Waals surface area contributed by atoms with Gasteiger partial charge in [-0.1, -0.05) is 0 Å². The predicted molar refractivity (Wildman–Crippen MR) is 64.5 cm³/mol. The van der Waals surface area contributed by atoms with E-state index in [-0.39, 0.29) is 23.1 Å². The summed E-state index contributed by atoms with van der Waals surface area (Å²) < 4.78 is 40.2. The van der Waals surface area contributed by atoms with Gasteiger partial charge in [-0.05, 0) is 41.1 Å². The van der Waals surface area contributed by atoms with Gasteiger partial charge in [-0.25, -0.2) is 13.2 Å². The highest BCUT2D eigenvalue weighted by molar-refractivity contribution is 14.1. The number of benzene rings is 1. The zero-order valence-electron chi connectivity index (χ0n) is 8.72. The Morgan fingerprint density at radius 1 is 1.41 bits per heavy atom. The van der Waals surface area contributed by atoms with Gasteiger partial charge in [-0.2, -0.15) is 0 Å². The number of nitrogens with zero attached hydrogens (tertiary/aromatic N) is 1. The molecule has 0 bridgehead atoms. The average Bonchev–Trinajstić information content (AvgIpc) is 2.71. The van der Waals surface area contributed by atoms with E-state index < -0.39 is 29.3 Å². The Labute approximate surface area is 110 Å². The van der Waals surface area contributed by atoms with Crippen LogP contribution >= 0.6 is 22.6 Å².